The van der Waals surface area contributed by atoms with Crippen LogP contribution >= 0.6 is 15.9 Å². The summed E-state index contributed by atoms with van der Waals surface area (Å²) in [4.78, 5) is 16.0. The van der Waals surface area contributed by atoms with Crippen molar-refractivity contribution >= 4 is 21.8 Å². The van der Waals surface area contributed by atoms with Crippen LogP contribution in [0.3, 0.4) is 0 Å². The molecule has 1 aromatic heterocycles. The normalized spacial score (nSPS) is 11.9. The number of aryl methyl sites for hydroxylation is 1. The molecule has 20 heavy (non-hydrogen) atoms. The van der Waals surface area contributed by atoms with Crippen molar-refractivity contribution < 1.29 is 9.90 Å². The minimum atomic E-state index is -0.767. The van der Waals surface area contributed by atoms with Gasteiger partial charge < -0.3 is 10.4 Å². The Bertz CT molecular complexity index is 602. The monoisotopic (exact) mass is 334 g/mol. The van der Waals surface area contributed by atoms with E-state index >= 15 is 0 Å². The highest BCUT2D eigenvalue weighted by Gasteiger charge is 2.13. The zero-order chi connectivity index (χ0) is 14.5. The van der Waals surface area contributed by atoms with Crippen LogP contribution in [0.4, 0.5) is 0 Å². The van der Waals surface area contributed by atoms with Crippen LogP contribution in [-0.4, -0.2) is 22.5 Å². The first-order valence-corrected chi connectivity index (χ1v) is 6.99. The molecule has 5 heteroatoms. The lowest BCUT2D eigenvalue weighted by Gasteiger charge is -2.12. The molecular formula is C15H15BrN2O2. The quantitative estimate of drug-likeness (QED) is 0.903. The van der Waals surface area contributed by atoms with Crippen LogP contribution in [0.15, 0.2) is 47.2 Å². The molecule has 0 saturated carbocycles. The predicted molar refractivity (Wildman–Crippen MR) is 80.4 cm³/mol. The third kappa shape index (κ3) is 3.65. The Morgan fingerprint density at radius 3 is 2.90 bits per heavy atom. The van der Waals surface area contributed by atoms with E-state index in [-0.39, 0.29) is 12.5 Å². The maximum absolute atomic E-state index is 12.0. The van der Waals surface area contributed by atoms with Crippen molar-refractivity contribution in [1.82, 2.24) is 10.3 Å². The van der Waals surface area contributed by atoms with Gasteiger partial charge in [-0.3, -0.25) is 9.78 Å². The second kappa shape index (κ2) is 6.63. The van der Waals surface area contributed by atoms with Gasteiger partial charge in [0.25, 0.3) is 5.91 Å². The number of benzene rings is 1. The molecule has 0 fully saturated rings. The third-order valence-corrected chi connectivity index (χ3v) is 3.55. The Balaban J connectivity index is 1.99. The molecule has 1 aromatic carbocycles. The predicted octanol–water partition coefficient (Wildman–Crippen LogP) is 2.62. The number of carbonyl (C=O) groups is 1. The number of pyridine rings is 1. The van der Waals surface area contributed by atoms with Gasteiger partial charge in [-0.25, -0.2) is 0 Å². The molecular weight excluding hydrogens is 320 g/mol. The Morgan fingerprint density at radius 2 is 2.25 bits per heavy atom. The Labute approximate surface area is 126 Å². The van der Waals surface area contributed by atoms with Crippen LogP contribution in [0, 0.1) is 6.92 Å². The van der Waals surface area contributed by atoms with Crippen LogP contribution in [-0.2, 0) is 0 Å². The smallest absolute Gasteiger partial charge is 0.252 e. The van der Waals surface area contributed by atoms with Gasteiger partial charge in [-0.05, 0) is 46.6 Å². The summed E-state index contributed by atoms with van der Waals surface area (Å²) in [7, 11) is 0. The first-order valence-electron chi connectivity index (χ1n) is 6.20. The molecule has 2 N–H and O–H groups in total. The molecule has 0 aliphatic carbocycles. The van der Waals surface area contributed by atoms with Gasteiger partial charge in [0.05, 0.1) is 11.7 Å². The Hall–Kier alpha value is -1.72. The summed E-state index contributed by atoms with van der Waals surface area (Å²) in [6.45, 7) is 2.10. The molecule has 0 radical (unpaired) electrons. The van der Waals surface area contributed by atoms with Gasteiger partial charge in [-0.1, -0.05) is 12.1 Å². The van der Waals surface area contributed by atoms with Crippen molar-refractivity contribution in [2.24, 2.45) is 0 Å². The maximum atomic E-state index is 12.0. The summed E-state index contributed by atoms with van der Waals surface area (Å²) < 4.78 is 0.742. The van der Waals surface area contributed by atoms with Crippen molar-refractivity contribution in [2.75, 3.05) is 6.54 Å². The number of aliphatic hydroxyl groups excluding tert-OH is 1. The van der Waals surface area contributed by atoms with E-state index in [1.54, 1.807) is 30.6 Å². The number of aliphatic hydroxyl groups is 1. The van der Waals surface area contributed by atoms with Crippen molar-refractivity contribution in [3.63, 3.8) is 0 Å². The van der Waals surface area contributed by atoms with Crippen LogP contribution in [0.2, 0.25) is 0 Å². The van der Waals surface area contributed by atoms with Crippen LogP contribution < -0.4 is 5.32 Å². The number of halogens is 1. The number of hydrogen-bond acceptors (Lipinski definition) is 3. The van der Waals surface area contributed by atoms with Gasteiger partial charge in [0, 0.05) is 29.0 Å². The molecule has 104 valence electrons. The molecule has 0 aliphatic rings. The zero-order valence-electron chi connectivity index (χ0n) is 11.0. The van der Waals surface area contributed by atoms with Crippen molar-refractivity contribution in [3.8, 4) is 0 Å². The topological polar surface area (TPSA) is 62.2 Å². The lowest BCUT2D eigenvalue weighted by Crippen LogP contribution is -2.28. The van der Waals surface area contributed by atoms with Gasteiger partial charge >= 0.3 is 0 Å². The standard InChI is InChI=1S/C15H15BrN2O2/c1-10-4-5-12(13(16)7-10)15(20)18-9-14(19)11-3-2-6-17-8-11/h2-8,14,19H,9H2,1H3,(H,18,20). The maximum Gasteiger partial charge on any atom is 0.252 e. The second-order valence-corrected chi connectivity index (χ2v) is 5.35. The van der Waals surface area contributed by atoms with Gasteiger partial charge in [-0.2, -0.15) is 0 Å². The SMILES string of the molecule is Cc1ccc(C(=O)NCC(O)c2cccnc2)c(Br)c1. The fourth-order valence-corrected chi connectivity index (χ4v) is 2.45. The molecule has 1 amide bonds. The van der Waals surface area contributed by atoms with E-state index < -0.39 is 6.10 Å². The minimum absolute atomic E-state index is 0.144. The van der Waals surface area contributed by atoms with Crippen molar-refractivity contribution in [1.29, 1.82) is 0 Å². The van der Waals surface area contributed by atoms with Gasteiger partial charge in [0.15, 0.2) is 0 Å². The summed E-state index contributed by atoms with van der Waals surface area (Å²) in [5.74, 6) is -0.222. The zero-order valence-corrected chi connectivity index (χ0v) is 12.6. The van der Waals surface area contributed by atoms with Gasteiger partial charge in [-0.15, -0.1) is 0 Å². The molecule has 1 atom stereocenters. The first kappa shape index (κ1) is 14.7. The molecule has 2 aromatic rings. The largest absolute Gasteiger partial charge is 0.387 e. The van der Waals surface area contributed by atoms with Crippen molar-refractivity contribution in [3.05, 3.63) is 63.9 Å². The summed E-state index contributed by atoms with van der Waals surface area (Å²) in [6.07, 6.45) is 2.45. The number of nitrogens with one attached hydrogen (secondary N) is 1. The van der Waals surface area contributed by atoms with E-state index in [2.05, 4.69) is 26.2 Å². The number of aromatic nitrogens is 1. The molecule has 0 saturated heterocycles. The molecule has 0 spiro atoms. The highest BCUT2D eigenvalue weighted by Crippen LogP contribution is 2.18. The average molecular weight is 335 g/mol. The van der Waals surface area contributed by atoms with Gasteiger partial charge in [0.1, 0.15) is 0 Å². The highest BCUT2D eigenvalue weighted by atomic mass is 79.9. The molecule has 1 heterocycles. The van der Waals surface area contributed by atoms with Crippen LogP contribution in [0.25, 0.3) is 0 Å². The molecule has 1 unspecified atom stereocenters. The molecule has 0 aliphatic heterocycles. The van der Waals surface area contributed by atoms with Crippen LogP contribution in [0.5, 0.6) is 0 Å². The van der Waals surface area contributed by atoms with E-state index in [0.717, 1.165) is 10.0 Å². The fourth-order valence-electron chi connectivity index (χ4n) is 1.78. The Morgan fingerprint density at radius 1 is 1.45 bits per heavy atom. The van der Waals surface area contributed by atoms with E-state index in [9.17, 15) is 9.90 Å². The second-order valence-electron chi connectivity index (χ2n) is 4.50. The lowest BCUT2D eigenvalue weighted by molar-refractivity contribution is 0.0915. The van der Waals surface area contributed by atoms with Crippen LogP contribution in [0.1, 0.15) is 27.6 Å². The summed E-state index contributed by atoms with van der Waals surface area (Å²) in [5.41, 5.74) is 2.30. The fraction of sp³-hybridized carbons (Fsp3) is 0.200. The first-order chi connectivity index (χ1) is 9.58. The number of carbonyl (C=O) groups excluding carboxylic acids is 1. The minimum Gasteiger partial charge on any atom is -0.387 e. The van der Waals surface area contributed by atoms with E-state index in [4.69, 9.17) is 0 Å². The lowest BCUT2D eigenvalue weighted by atomic mass is 10.1. The van der Waals surface area contributed by atoms with E-state index in [1.165, 1.54) is 0 Å². The highest BCUT2D eigenvalue weighted by molar-refractivity contribution is 9.10. The molecule has 4 nitrogen and oxygen atoms in total. The van der Waals surface area contributed by atoms with Gasteiger partial charge in [0.2, 0.25) is 0 Å². The summed E-state index contributed by atoms with van der Waals surface area (Å²) in [6, 6.07) is 9.03. The average Bonchev–Trinajstić information content (AvgIpc) is 2.45. The summed E-state index contributed by atoms with van der Waals surface area (Å²) >= 11 is 3.37. The molecule has 0 bridgehead atoms. The van der Waals surface area contributed by atoms with E-state index in [0.29, 0.717) is 11.1 Å². The van der Waals surface area contributed by atoms with E-state index in [1.807, 2.05) is 19.1 Å². The third-order valence-electron chi connectivity index (χ3n) is 2.89. The number of rotatable bonds is 4. The number of amides is 1. The van der Waals surface area contributed by atoms with Crippen molar-refractivity contribution in [2.45, 2.75) is 13.0 Å². The Kier molecular flexibility index (Phi) is 4.87. The summed E-state index contributed by atoms with van der Waals surface area (Å²) in [5, 5.41) is 12.7. The number of nitrogens with zero attached hydrogens (tertiary/aromatic N) is 1. The number of hydrogen-bond donors (Lipinski definition) is 2. The molecule has 2 rings (SSSR count).